The van der Waals surface area contributed by atoms with Gasteiger partial charge in [-0.1, -0.05) is 60.7 Å². The Bertz CT molecular complexity index is 1130. The van der Waals surface area contributed by atoms with Crippen molar-refractivity contribution in [3.8, 4) is 17.5 Å². The number of aromatic nitrogens is 2. The number of fused-ring (bicyclic) bond motifs is 1. The van der Waals surface area contributed by atoms with Gasteiger partial charge in [0.15, 0.2) is 17.9 Å². The molecule has 7 heteroatoms. The monoisotopic (exact) mass is 429 g/mol. The van der Waals surface area contributed by atoms with Crippen molar-refractivity contribution < 1.29 is 18.9 Å². The van der Waals surface area contributed by atoms with Crippen LogP contribution in [0.1, 0.15) is 36.8 Å². The van der Waals surface area contributed by atoms with E-state index in [4.69, 9.17) is 23.9 Å². The molecule has 2 aliphatic heterocycles. The SMILES string of the molecule is CC1(C)O[C@H]2O[C@H](c3nc(-c4ccccc4)ncc3C#N)[C@H](OCc3ccccc3)[C@H]2O1. The molecular weight excluding hydrogens is 406 g/mol. The van der Waals surface area contributed by atoms with Gasteiger partial charge in [-0.2, -0.15) is 5.26 Å². The number of hydrogen-bond acceptors (Lipinski definition) is 7. The highest BCUT2D eigenvalue weighted by Gasteiger charge is 2.56. The fourth-order valence-corrected chi connectivity index (χ4v) is 4.07. The van der Waals surface area contributed by atoms with E-state index in [0.29, 0.717) is 23.7 Å². The molecule has 4 atom stereocenters. The minimum absolute atomic E-state index is 0.335. The minimum Gasteiger partial charge on any atom is -0.367 e. The third-order valence-electron chi connectivity index (χ3n) is 5.52. The Kier molecular flexibility index (Phi) is 5.45. The van der Waals surface area contributed by atoms with Crippen molar-refractivity contribution in [1.82, 2.24) is 9.97 Å². The highest BCUT2D eigenvalue weighted by atomic mass is 16.8. The topological polar surface area (TPSA) is 86.5 Å². The zero-order valence-corrected chi connectivity index (χ0v) is 17.8. The fourth-order valence-electron chi connectivity index (χ4n) is 4.07. The summed E-state index contributed by atoms with van der Waals surface area (Å²) in [6.07, 6.45) is -0.669. The highest BCUT2D eigenvalue weighted by Crippen LogP contribution is 2.45. The van der Waals surface area contributed by atoms with Crippen molar-refractivity contribution >= 4 is 0 Å². The van der Waals surface area contributed by atoms with Crippen molar-refractivity contribution in [2.45, 2.75) is 50.8 Å². The van der Waals surface area contributed by atoms with E-state index >= 15 is 0 Å². The minimum atomic E-state index is -0.784. The maximum absolute atomic E-state index is 9.73. The lowest BCUT2D eigenvalue weighted by Crippen LogP contribution is -2.34. The van der Waals surface area contributed by atoms with Gasteiger partial charge in [0.2, 0.25) is 0 Å². The lowest BCUT2D eigenvalue weighted by Gasteiger charge is -2.26. The van der Waals surface area contributed by atoms with Crippen molar-refractivity contribution in [2.75, 3.05) is 0 Å². The molecule has 2 aromatic carbocycles. The lowest BCUT2D eigenvalue weighted by atomic mass is 10.0. The van der Waals surface area contributed by atoms with E-state index in [-0.39, 0.29) is 0 Å². The second kappa shape index (κ2) is 8.41. The smallest absolute Gasteiger partial charge is 0.190 e. The summed E-state index contributed by atoms with van der Waals surface area (Å²) < 4.78 is 24.6. The van der Waals surface area contributed by atoms with E-state index in [1.165, 1.54) is 6.20 Å². The molecule has 3 aromatic rings. The number of hydrogen-bond donors (Lipinski definition) is 0. The van der Waals surface area contributed by atoms with Crippen LogP contribution in [0, 0.1) is 11.3 Å². The molecule has 2 saturated heterocycles. The van der Waals surface area contributed by atoms with E-state index in [1.807, 2.05) is 74.5 Å². The van der Waals surface area contributed by atoms with Crippen LogP contribution in [0.5, 0.6) is 0 Å². The predicted octanol–water partition coefficient (Wildman–Crippen LogP) is 4.15. The average molecular weight is 429 g/mol. The Morgan fingerprint density at radius 2 is 1.75 bits per heavy atom. The second-order valence-electron chi connectivity index (χ2n) is 8.26. The normalized spacial score (nSPS) is 25.9. The first-order valence-corrected chi connectivity index (χ1v) is 10.5. The van der Waals surface area contributed by atoms with Crippen LogP contribution in [0.15, 0.2) is 66.9 Å². The van der Waals surface area contributed by atoms with Crippen LogP contribution in [0.4, 0.5) is 0 Å². The van der Waals surface area contributed by atoms with Crippen LogP contribution in [0.2, 0.25) is 0 Å². The maximum Gasteiger partial charge on any atom is 0.190 e. The van der Waals surface area contributed by atoms with Crippen LogP contribution in [-0.4, -0.2) is 34.3 Å². The molecule has 2 fully saturated rings. The quantitative estimate of drug-likeness (QED) is 0.602. The molecule has 2 aliphatic rings. The standard InChI is InChI=1S/C25H23N3O4/c1-25(2)31-22-21(29-15-16-9-5-3-6-10-16)20(30-24(22)32-25)19-18(13-26)14-27-23(28-19)17-11-7-4-8-12-17/h3-12,14,20-22,24H,15H2,1-2H3/t20-,21+,22-,24-/m1/s1. The maximum atomic E-state index is 9.73. The van der Waals surface area contributed by atoms with Crippen LogP contribution < -0.4 is 0 Å². The Balaban J connectivity index is 1.50. The summed E-state index contributed by atoms with van der Waals surface area (Å²) >= 11 is 0. The zero-order chi connectivity index (χ0) is 22.1. The first-order valence-electron chi connectivity index (χ1n) is 10.5. The molecular formula is C25H23N3O4. The van der Waals surface area contributed by atoms with Gasteiger partial charge < -0.3 is 18.9 Å². The molecule has 0 bridgehead atoms. The van der Waals surface area contributed by atoms with Gasteiger partial charge in [-0.3, -0.25) is 0 Å². The van der Waals surface area contributed by atoms with Gasteiger partial charge in [0.25, 0.3) is 0 Å². The summed E-state index contributed by atoms with van der Waals surface area (Å²) in [5, 5.41) is 9.73. The van der Waals surface area contributed by atoms with E-state index in [9.17, 15) is 5.26 Å². The second-order valence-corrected chi connectivity index (χ2v) is 8.26. The summed E-state index contributed by atoms with van der Waals surface area (Å²) in [4.78, 5) is 9.09. The summed E-state index contributed by atoms with van der Waals surface area (Å²) in [6.45, 7) is 4.06. The van der Waals surface area contributed by atoms with Crippen molar-refractivity contribution in [3.05, 3.63) is 83.7 Å². The van der Waals surface area contributed by atoms with Gasteiger partial charge in [0.1, 0.15) is 24.4 Å². The number of rotatable bonds is 5. The number of nitrogens with zero attached hydrogens (tertiary/aromatic N) is 3. The van der Waals surface area contributed by atoms with E-state index in [0.717, 1.165) is 11.1 Å². The van der Waals surface area contributed by atoms with Crippen molar-refractivity contribution in [2.24, 2.45) is 0 Å². The Morgan fingerprint density at radius 1 is 1.03 bits per heavy atom. The fraction of sp³-hybridized carbons (Fsp3) is 0.320. The molecule has 0 spiro atoms. The van der Waals surface area contributed by atoms with Crippen LogP contribution in [0.25, 0.3) is 11.4 Å². The summed E-state index contributed by atoms with van der Waals surface area (Å²) in [7, 11) is 0. The number of ether oxygens (including phenoxy) is 4. The molecule has 7 nitrogen and oxygen atoms in total. The van der Waals surface area contributed by atoms with Gasteiger partial charge in [-0.15, -0.1) is 0 Å². The molecule has 0 radical (unpaired) electrons. The van der Waals surface area contributed by atoms with Crippen LogP contribution in [0.3, 0.4) is 0 Å². The third kappa shape index (κ3) is 4.01. The van der Waals surface area contributed by atoms with Crippen molar-refractivity contribution in [3.63, 3.8) is 0 Å². The van der Waals surface area contributed by atoms with Gasteiger partial charge >= 0.3 is 0 Å². The summed E-state index contributed by atoms with van der Waals surface area (Å²) in [5.41, 5.74) is 2.69. The molecule has 3 heterocycles. The first-order chi connectivity index (χ1) is 15.5. The molecule has 32 heavy (non-hydrogen) atoms. The van der Waals surface area contributed by atoms with Gasteiger partial charge in [-0.05, 0) is 19.4 Å². The zero-order valence-electron chi connectivity index (χ0n) is 17.8. The highest BCUT2D eigenvalue weighted by molar-refractivity contribution is 5.55. The van der Waals surface area contributed by atoms with Gasteiger partial charge in [0, 0.05) is 11.8 Å². The number of nitriles is 1. The Hall–Kier alpha value is -3.15. The van der Waals surface area contributed by atoms with Crippen LogP contribution in [-0.2, 0) is 25.6 Å². The first kappa shape index (κ1) is 20.7. The largest absolute Gasteiger partial charge is 0.367 e. The Morgan fingerprint density at radius 3 is 2.47 bits per heavy atom. The molecule has 0 amide bonds. The van der Waals surface area contributed by atoms with Crippen LogP contribution >= 0.6 is 0 Å². The van der Waals surface area contributed by atoms with Crippen molar-refractivity contribution in [1.29, 1.82) is 5.26 Å². The average Bonchev–Trinajstić information content (AvgIpc) is 3.30. The molecule has 0 N–H and O–H groups in total. The van der Waals surface area contributed by atoms with E-state index in [2.05, 4.69) is 11.1 Å². The third-order valence-corrected chi connectivity index (χ3v) is 5.52. The molecule has 1 aromatic heterocycles. The summed E-state index contributed by atoms with van der Waals surface area (Å²) in [6, 6.07) is 21.7. The van der Waals surface area contributed by atoms with E-state index < -0.39 is 30.4 Å². The molecule has 0 aliphatic carbocycles. The predicted molar refractivity (Wildman–Crippen MR) is 115 cm³/mol. The van der Waals surface area contributed by atoms with Gasteiger partial charge in [-0.25, -0.2) is 9.97 Å². The molecule has 162 valence electrons. The summed E-state index contributed by atoms with van der Waals surface area (Å²) in [5.74, 6) is -0.266. The number of benzene rings is 2. The van der Waals surface area contributed by atoms with E-state index in [1.54, 1.807) is 0 Å². The molecule has 0 saturated carbocycles. The van der Waals surface area contributed by atoms with Gasteiger partial charge in [0.05, 0.1) is 17.9 Å². The lowest BCUT2D eigenvalue weighted by molar-refractivity contribution is -0.220. The molecule has 5 rings (SSSR count). The Labute approximate surface area is 186 Å². The molecule has 0 unspecified atom stereocenters.